The van der Waals surface area contributed by atoms with Gasteiger partial charge < -0.3 is 9.80 Å². The van der Waals surface area contributed by atoms with Gasteiger partial charge in [0.25, 0.3) is 0 Å². The van der Waals surface area contributed by atoms with E-state index in [2.05, 4.69) is 146 Å². The largest absolute Gasteiger partial charge is 0.372 e. The maximum Gasteiger partial charge on any atom is 0.0412 e. The molecule has 0 saturated carbocycles. The Kier molecular flexibility index (Phi) is 12.1. The molecule has 2 heteroatoms. The summed E-state index contributed by atoms with van der Waals surface area (Å²) in [5.41, 5.74) is 10.7. The molecule has 0 unspecified atom stereocenters. The predicted molar refractivity (Wildman–Crippen MR) is 209 cm³/mol. The third-order valence-electron chi connectivity index (χ3n) is 8.41. The van der Waals surface area contributed by atoms with E-state index >= 15 is 0 Å². The van der Waals surface area contributed by atoms with Crippen LogP contribution in [-0.2, 0) is 0 Å². The molecule has 0 aromatic heterocycles. The van der Waals surface area contributed by atoms with Crippen molar-refractivity contribution in [2.75, 3.05) is 36.0 Å². The zero-order valence-corrected chi connectivity index (χ0v) is 28.6. The quantitative estimate of drug-likeness (QED) is 0.113. The first-order chi connectivity index (χ1) is 23.6. The van der Waals surface area contributed by atoms with Crippen molar-refractivity contribution in [3.63, 3.8) is 0 Å². The van der Waals surface area contributed by atoms with Gasteiger partial charge in [-0.15, -0.1) is 0 Å². The highest BCUT2D eigenvalue weighted by Gasteiger charge is 2.07. The summed E-state index contributed by atoms with van der Waals surface area (Å²) in [7, 11) is 0. The van der Waals surface area contributed by atoms with Gasteiger partial charge in [0, 0.05) is 59.8 Å². The number of rotatable bonds is 10. The molecule has 0 bridgehead atoms. The summed E-state index contributed by atoms with van der Waals surface area (Å²) >= 11 is 0. The van der Waals surface area contributed by atoms with Crippen molar-refractivity contribution < 1.29 is 0 Å². The smallest absolute Gasteiger partial charge is 0.0412 e. The second-order valence-corrected chi connectivity index (χ2v) is 11.5. The highest BCUT2D eigenvalue weighted by molar-refractivity contribution is 5.82. The minimum atomic E-state index is 0.902. The van der Waals surface area contributed by atoms with E-state index in [1.165, 1.54) is 11.4 Å². The third kappa shape index (κ3) is 9.19. The van der Waals surface area contributed by atoms with Gasteiger partial charge in [0.15, 0.2) is 0 Å². The molecule has 0 aliphatic carbocycles. The first kappa shape index (κ1) is 33.7. The number of benzene rings is 5. The van der Waals surface area contributed by atoms with E-state index in [1.54, 1.807) is 0 Å². The van der Waals surface area contributed by atoms with Gasteiger partial charge in [-0.25, -0.2) is 0 Å². The fourth-order valence-electron chi connectivity index (χ4n) is 5.59. The lowest BCUT2D eigenvalue weighted by Gasteiger charge is -2.20. The zero-order chi connectivity index (χ0) is 33.6. The molecule has 0 radical (unpaired) electrons. The molecule has 0 spiro atoms. The Balaban J connectivity index is 1.58. The molecule has 238 valence electrons. The van der Waals surface area contributed by atoms with E-state index < -0.39 is 0 Å². The Labute approximate surface area is 288 Å². The Bertz CT molecular complexity index is 1790. The Hall–Kier alpha value is -5.70. The molecule has 0 aliphatic heterocycles. The van der Waals surface area contributed by atoms with Gasteiger partial charge >= 0.3 is 0 Å². The molecule has 0 heterocycles. The maximum atomic E-state index is 3.45. The van der Waals surface area contributed by atoms with Crippen LogP contribution in [-0.4, -0.2) is 26.2 Å². The van der Waals surface area contributed by atoms with E-state index in [0.717, 1.165) is 70.7 Å². The van der Waals surface area contributed by atoms with Crippen molar-refractivity contribution in [3.8, 4) is 23.7 Å². The van der Waals surface area contributed by atoms with Crippen LogP contribution >= 0.6 is 0 Å². The summed E-state index contributed by atoms with van der Waals surface area (Å²) in [6.07, 6.45) is 8.75. The summed E-state index contributed by atoms with van der Waals surface area (Å²) in [6.45, 7) is 12.7. The Morgan fingerprint density at radius 1 is 0.417 bits per heavy atom. The van der Waals surface area contributed by atoms with Crippen molar-refractivity contribution in [1.29, 1.82) is 0 Å². The lowest BCUT2D eigenvalue weighted by molar-refractivity contribution is 0.866. The average molecular weight is 625 g/mol. The minimum Gasteiger partial charge on any atom is -0.372 e. The molecule has 0 atom stereocenters. The third-order valence-corrected chi connectivity index (χ3v) is 8.41. The molecule has 5 aromatic rings. The van der Waals surface area contributed by atoms with Crippen LogP contribution in [0.15, 0.2) is 121 Å². The van der Waals surface area contributed by atoms with Gasteiger partial charge in [-0.1, -0.05) is 109 Å². The molecule has 5 aromatic carbocycles. The molecule has 0 amide bonds. The molecule has 5 rings (SSSR count). The van der Waals surface area contributed by atoms with Crippen LogP contribution in [0.2, 0.25) is 0 Å². The van der Waals surface area contributed by atoms with Crippen LogP contribution in [0.5, 0.6) is 0 Å². The average Bonchev–Trinajstić information content (AvgIpc) is 3.14. The van der Waals surface area contributed by atoms with Crippen LogP contribution < -0.4 is 9.80 Å². The van der Waals surface area contributed by atoms with Gasteiger partial charge in [0.05, 0.1) is 0 Å². The molecule has 48 heavy (non-hydrogen) atoms. The van der Waals surface area contributed by atoms with Gasteiger partial charge in [-0.05, 0) is 111 Å². The Morgan fingerprint density at radius 2 is 0.771 bits per heavy atom. The molecule has 0 N–H and O–H groups in total. The van der Waals surface area contributed by atoms with Crippen molar-refractivity contribution in [2.24, 2.45) is 0 Å². The first-order valence-electron chi connectivity index (χ1n) is 17.0. The van der Waals surface area contributed by atoms with Gasteiger partial charge in [0.1, 0.15) is 0 Å². The lowest BCUT2D eigenvalue weighted by atomic mass is 9.96. The van der Waals surface area contributed by atoms with Crippen molar-refractivity contribution >= 4 is 35.7 Å². The van der Waals surface area contributed by atoms with E-state index in [0.29, 0.717) is 0 Å². The monoisotopic (exact) mass is 624 g/mol. The van der Waals surface area contributed by atoms with Gasteiger partial charge in [0.2, 0.25) is 0 Å². The maximum absolute atomic E-state index is 3.45. The highest BCUT2D eigenvalue weighted by atomic mass is 15.1. The summed E-state index contributed by atoms with van der Waals surface area (Å²) in [4.78, 5) is 4.72. The molecule has 0 saturated heterocycles. The number of nitrogens with zero attached hydrogens (tertiary/aromatic N) is 2. The fourth-order valence-corrected chi connectivity index (χ4v) is 5.59. The number of anilines is 2. The zero-order valence-electron chi connectivity index (χ0n) is 28.6. The standard InChI is InChI=1S/C46H44N2/c1-5-47(6-2)45-31-23-39(24-32-45)21-29-43-35-41(27-19-37-15-11-9-12-16-37)42(28-20-38-17-13-10-14-18-38)36-44(43)30-22-40-25-33-46(34-26-40)48(7-3)8-4/h9-18,21-26,29-36H,5-8H2,1-4H3/b29-21+,30-22+. The molecule has 2 nitrogen and oxygen atoms in total. The summed E-state index contributed by atoms with van der Waals surface area (Å²) in [6, 6.07) is 42.1. The molecule has 0 aliphatic rings. The molecular formula is C46H44N2. The lowest BCUT2D eigenvalue weighted by Crippen LogP contribution is -2.21. The highest BCUT2D eigenvalue weighted by Crippen LogP contribution is 2.24. The second kappa shape index (κ2) is 17.3. The van der Waals surface area contributed by atoms with Crippen LogP contribution in [0.1, 0.15) is 72.2 Å². The predicted octanol–water partition coefficient (Wildman–Crippen LogP) is 10.5. The fraction of sp³-hybridized carbons (Fsp3) is 0.174. The minimum absolute atomic E-state index is 0.902. The Morgan fingerprint density at radius 3 is 1.10 bits per heavy atom. The molecule has 0 fully saturated rings. The van der Waals surface area contributed by atoms with Crippen LogP contribution in [0.3, 0.4) is 0 Å². The van der Waals surface area contributed by atoms with Gasteiger partial charge in [-0.2, -0.15) is 0 Å². The summed E-state index contributed by atoms with van der Waals surface area (Å²) in [5.74, 6) is 13.6. The first-order valence-corrected chi connectivity index (χ1v) is 17.0. The van der Waals surface area contributed by atoms with E-state index in [4.69, 9.17) is 0 Å². The van der Waals surface area contributed by atoms with Crippen LogP contribution in [0.25, 0.3) is 24.3 Å². The number of hydrogen-bond donors (Lipinski definition) is 0. The van der Waals surface area contributed by atoms with Crippen LogP contribution in [0.4, 0.5) is 11.4 Å². The second-order valence-electron chi connectivity index (χ2n) is 11.5. The van der Waals surface area contributed by atoms with E-state index in [1.807, 2.05) is 60.7 Å². The van der Waals surface area contributed by atoms with Crippen molar-refractivity contribution in [3.05, 3.63) is 166 Å². The van der Waals surface area contributed by atoms with E-state index in [-0.39, 0.29) is 0 Å². The normalized spacial score (nSPS) is 10.8. The summed E-state index contributed by atoms with van der Waals surface area (Å²) in [5, 5.41) is 0. The van der Waals surface area contributed by atoms with E-state index in [9.17, 15) is 0 Å². The van der Waals surface area contributed by atoms with Crippen molar-refractivity contribution in [2.45, 2.75) is 27.7 Å². The SMILES string of the molecule is CCN(CC)c1ccc(/C=C/c2cc(C#Cc3ccccc3)c(C#Cc3ccccc3)cc2/C=C/c2ccc(N(CC)CC)cc2)cc1. The van der Waals surface area contributed by atoms with Gasteiger partial charge in [-0.3, -0.25) is 0 Å². The van der Waals surface area contributed by atoms with Crippen molar-refractivity contribution in [1.82, 2.24) is 0 Å². The summed E-state index contributed by atoms with van der Waals surface area (Å²) < 4.78 is 0. The topological polar surface area (TPSA) is 6.48 Å². The molecular weight excluding hydrogens is 581 g/mol. The van der Waals surface area contributed by atoms with Crippen LogP contribution in [0, 0.1) is 23.7 Å². The number of hydrogen-bond acceptors (Lipinski definition) is 2.